The predicted molar refractivity (Wildman–Crippen MR) is 59.6 cm³/mol. The van der Waals surface area contributed by atoms with Crippen LogP contribution in [-0.4, -0.2) is 5.91 Å². The number of rotatable bonds is 2. The molecule has 0 aliphatic carbocycles. The maximum Gasteiger partial charge on any atom is 0.248 e. The molecule has 0 saturated carbocycles. The molecule has 2 nitrogen and oxygen atoms in total. The highest BCUT2D eigenvalue weighted by atomic mass is 35.5. The topological polar surface area (TPSA) is 29.1 Å². The zero-order valence-electron chi connectivity index (χ0n) is 8.17. The van der Waals surface area contributed by atoms with Crippen LogP contribution in [-0.2, 0) is 4.79 Å². The largest absolute Gasteiger partial charge is 0.321 e. The molecule has 0 fully saturated rings. The number of carbonyl (C=O) groups is 1. The van der Waals surface area contributed by atoms with Gasteiger partial charge < -0.3 is 5.32 Å². The van der Waals surface area contributed by atoms with Crippen LogP contribution in [0.5, 0.6) is 0 Å². The van der Waals surface area contributed by atoms with Crippen LogP contribution in [0.15, 0.2) is 30.4 Å². The average Bonchev–Trinajstić information content (AvgIpc) is 2.12. The summed E-state index contributed by atoms with van der Waals surface area (Å²) in [5.41, 5.74) is 1.63. The minimum Gasteiger partial charge on any atom is -0.321 e. The molecule has 0 aliphatic rings. The van der Waals surface area contributed by atoms with Gasteiger partial charge in [0.05, 0.1) is 10.7 Å². The summed E-state index contributed by atoms with van der Waals surface area (Å²) in [7, 11) is 0. The van der Waals surface area contributed by atoms with E-state index in [1.54, 1.807) is 19.1 Å². The van der Waals surface area contributed by atoms with Gasteiger partial charge in [0.15, 0.2) is 0 Å². The zero-order valence-corrected chi connectivity index (χ0v) is 8.93. The molecule has 1 amide bonds. The van der Waals surface area contributed by atoms with Crippen molar-refractivity contribution < 1.29 is 4.79 Å². The second-order valence-corrected chi connectivity index (χ2v) is 3.33. The van der Waals surface area contributed by atoms with Crippen molar-refractivity contribution in [1.82, 2.24) is 0 Å². The number of aryl methyl sites for hydroxylation is 1. The molecular formula is C11H12ClNO. The first-order valence-electron chi connectivity index (χ1n) is 4.34. The minimum atomic E-state index is -0.163. The lowest BCUT2D eigenvalue weighted by Gasteiger charge is -2.07. The molecule has 14 heavy (non-hydrogen) atoms. The third kappa shape index (κ3) is 2.60. The number of carbonyl (C=O) groups excluding carboxylic acids is 1. The summed E-state index contributed by atoms with van der Waals surface area (Å²) in [5, 5.41) is 3.28. The highest BCUT2D eigenvalue weighted by Crippen LogP contribution is 2.24. The van der Waals surface area contributed by atoms with Crippen LogP contribution >= 0.6 is 11.6 Å². The summed E-state index contributed by atoms with van der Waals surface area (Å²) >= 11 is 5.93. The van der Waals surface area contributed by atoms with E-state index in [1.165, 1.54) is 6.08 Å². The van der Waals surface area contributed by atoms with E-state index in [0.717, 1.165) is 5.56 Å². The fourth-order valence-corrected chi connectivity index (χ4v) is 1.38. The molecule has 0 spiro atoms. The van der Waals surface area contributed by atoms with E-state index in [0.29, 0.717) is 10.7 Å². The van der Waals surface area contributed by atoms with Crippen molar-refractivity contribution in [2.75, 3.05) is 5.32 Å². The Morgan fingerprint density at radius 3 is 2.79 bits per heavy atom. The number of benzene rings is 1. The molecule has 0 aliphatic heterocycles. The van der Waals surface area contributed by atoms with Crippen LogP contribution in [0.3, 0.4) is 0 Å². The summed E-state index contributed by atoms with van der Waals surface area (Å²) in [6.45, 7) is 3.69. The Bertz CT molecular complexity index is 351. The van der Waals surface area contributed by atoms with Crippen LogP contribution in [0, 0.1) is 6.92 Å². The number of allylic oxidation sites excluding steroid dienone is 1. The fourth-order valence-electron chi connectivity index (χ4n) is 1.11. The van der Waals surface area contributed by atoms with Crippen molar-refractivity contribution >= 4 is 23.2 Å². The number of halogens is 1. The van der Waals surface area contributed by atoms with E-state index in [2.05, 4.69) is 5.32 Å². The van der Waals surface area contributed by atoms with Crippen LogP contribution in [0.2, 0.25) is 5.02 Å². The SMILES string of the molecule is CC=CC(=O)Nc1c(C)cccc1Cl. The van der Waals surface area contributed by atoms with E-state index in [1.807, 2.05) is 19.1 Å². The number of hydrogen-bond acceptors (Lipinski definition) is 1. The third-order valence-corrected chi connectivity index (χ3v) is 2.10. The van der Waals surface area contributed by atoms with Gasteiger partial charge in [0, 0.05) is 0 Å². The van der Waals surface area contributed by atoms with Crippen LogP contribution in [0.4, 0.5) is 5.69 Å². The Kier molecular flexibility index (Phi) is 3.72. The van der Waals surface area contributed by atoms with Crippen molar-refractivity contribution in [2.45, 2.75) is 13.8 Å². The lowest BCUT2D eigenvalue weighted by molar-refractivity contribution is -0.111. The van der Waals surface area contributed by atoms with Gasteiger partial charge in [-0.3, -0.25) is 4.79 Å². The molecule has 74 valence electrons. The Morgan fingerprint density at radius 2 is 2.21 bits per heavy atom. The van der Waals surface area contributed by atoms with E-state index in [9.17, 15) is 4.79 Å². The quantitative estimate of drug-likeness (QED) is 0.745. The molecule has 0 atom stereocenters. The summed E-state index contributed by atoms with van der Waals surface area (Å²) in [6.07, 6.45) is 3.14. The Hall–Kier alpha value is -1.28. The van der Waals surface area contributed by atoms with Gasteiger partial charge in [-0.1, -0.05) is 29.8 Å². The van der Waals surface area contributed by atoms with Gasteiger partial charge >= 0.3 is 0 Å². The van der Waals surface area contributed by atoms with Crippen molar-refractivity contribution in [1.29, 1.82) is 0 Å². The molecular weight excluding hydrogens is 198 g/mol. The molecule has 0 aromatic heterocycles. The van der Waals surface area contributed by atoms with Crippen molar-refractivity contribution in [3.8, 4) is 0 Å². The molecule has 1 aromatic carbocycles. The van der Waals surface area contributed by atoms with Crippen molar-refractivity contribution in [3.63, 3.8) is 0 Å². The van der Waals surface area contributed by atoms with E-state index >= 15 is 0 Å². The van der Waals surface area contributed by atoms with Gasteiger partial charge in [0.1, 0.15) is 0 Å². The molecule has 0 bridgehead atoms. The minimum absolute atomic E-state index is 0.163. The Morgan fingerprint density at radius 1 is 1.50 bits per heavy atom. The summed E-state index contributed by atoms with van der Waals surface area (Å²) < 4.78 is 0. The number of para-hydroxylation sites is 1. The fraction of sp³-hybridized carbons (Fsp3) is 0.182. The van der Waals surface area contributed by atoms with Gasteiger partial charge in [0.2, 0.25) is 5.91 Å². The van der Waals surface area contributed by atoms with Crippen LogP contribution in [0.25, 0.3) is 0 Å². The van der Waals surface area contributed by atoms with E-state index in [-0.39, 0.29) is 5.91 Å². The lowest BCUT2D eigenvalue weighted by atomic mass is 10.2. The first-order valence-corrected chi connectivity index (χ1v) is 4.71. The molecule has 0 radical (unpaired) electrons. The lowest BCUT2D eigenvalue weighted by Crippen LogP contribution is -2.09. The number of nitrogens with one attached hydrogen (secondary N) is 1. The second-order valence-electron chi connectivity index (χ2n) is 2.92. The molecule has 1 aromatic rings. The molecule has 1 N–H and O–H groups in total. The molecule has 1 rings (SSSR count). The van der Waals surface area contributed by atoms with Crippen molar-refractivity contribution in [2.24, 2.45) is 0 Å². The molecule has 0 heterocycles. The van der Waals surface area contributed by atoms with Crippen LogP contribution in [0.1, 0.15) is 12.5 Å². The van der Waals surface area contributed by atoms with Gasteiger partial charge in [-0.2, -0.15) is 0 Å². The number of amides is 1. The maximum absolute atomic E-state index is 11.3. The summed E-state index contributed by atoms with van der Waals surface area (Å²) in [4.78, 5) is 11.3. The van der Waals surface area contributed by atoms with Gasteiger partial charge in [-0.25, -0.2) is 0 Å². The second kappa shape index (κ2) is 4.82. The molecule has 0 unspecified atom stereocenters. The van der Waals surface area contributed by atoms with E-state index in [4.69, 9.17) is 11.6 Å². The monoisotopic (exact) mass is 209 g/mol. The zero-order chi connectivity index (χ0) is 10.6. The predicted octanol–water partition coefficient (Wildman–Crippen LogP) is 3.16. The molecule has 3 heteroatoms. The van der Waals surface area contributed by atoms with Gasteiger partial charge in [-0.05, 0) is 31.6 Å². The number of hydrogen-bond donors (Lipinski definition) is 1. The standard InChI is InChI=1S/C11H12ClNO/c1-3-5-10(14)13-11-8(2)6-4-7-9(11)12/h3-7H,1-2H3,(H,13,14). The highest BCUT2D eigenvalue weighted by Gasteiger charge is 2.04. The van der Waals surface area contributed by atoms with Crippen molar-refractivity contribution in [3.05, 3.63) is 40.9 Å². The highest BCUT2D eigenvalue weighted by molar-refractivity contribution is 6.34. The normalized spacial score (nSPS) is 10.5. The summed E-state index contributed by atoms with van der Waals surface area (Å²) in [5.74, 6) is -0.163. The average molecular weight is 210 g/mol. The smallest absolute Gasteiger partial charge is 0.248 e. The Balaban J connectivity index is 2.91. The van der Waals surface area contributed by atoms with Crippen LogP contribution < -0.4 is 5.32 Å². The number of anilines is 1. The van der Waals surface area contributed by atoms with E-state index < -0.39 is 0 Å². The van der Waals surface area contributed by atoms with Gasteiger partial charge in [0.25, 0.3) is 0 Å². The first-order chi connectivity index (χ1) is 6.65. The first kappa shape index (κ1) is 10.8. The van der Waals surface area contributed by atoms with Gasteiger partial charge in [-0.15, -0.1) is 0 Å². The Labute approximate surface area is 88.6 Å². The molecule has 0 saturated heterocycles. The maximum atomic E-state index is 11.3. The summed E-state index contributed by atoms with van der Waals surface area (Å²) in [6, 6.07) is 5.50. The third-order valence-electron chi connectivity index (χ3n) is 1.79.